The highest BCUT2D eigenvalue weighted by Crippen LogP contribution is 2.39. The number of carbonyl (C=O) groups is 2. The fraction of sp³-hybridized carbons (Fsp3) is 0.318. The van der Waals surface area contributed by atoms with Gasteiger partial charge in [0.05, 0.1) is 15.9 Å². The molecule has 2 amide bonds. The van der Waals surface area contributed by atoms with Crippen LogP contribution < -0.4 is 10.6 Å². The molecule has 2 fully saturated rings. The lowest BCUT2D eigenvalue weighted by Crippen LogP contribution is -2.36. The second-order valence-electron chi connectivity index (χ2n) is 8.31. The van der Waals surface area contributed by atoms with Gasteiger partial charge < -0.3 is 15.0 Å². The smallest absolute Gasteiger partial charge is 0.253 e. The Kier molecular flexibility index (Phi) is 4.98. The number of benzene rings is 1. The molecule has 1 atom stereocenters. The predicted molar refractivity (Wildman–Crippen MR) is 116 cm³/mol. The number of fused-ring (bicyclic) bond motifs is 1. The van der Waals surface area contributed by atoms with Crippen LogP contribution in [0.5, 0.6) is 0 Å². The zero-order chi connectivity index (χ0) is 22.3. The normalized spacial score (nSPS) is 21.3. The van der Waals surface area contributed by atoms with Gasteiger partial charge >= 0.3 is 0 Å². The highest BCUT2D eigenvalue weighted by Gasteiger charge is 2.50. The van der Waals surface area contributed by atoms with Crippen molar-refractivity contribution in [2.24, 2.45) is 5.41 Å². The quantitative estimate of drug-likeness (QED) is 0.602. The average Bonchev–Trinajstić information content (AvgIpc) is 3.53. The number of imidazole rings is 1. The number of nitrogens with one attached hydrogen (secondary N) is 2. The van der Waals surface area contributed by atoms with Crippen LogP contribution in [0.25, 0.3) is 5.65 Å². The van der Waals surface area contributed by atoms with Gasteiger partial charge in [0, 0.05) is 44.8 Å². The largest absolute Gasteiger partial charge is 0.356 e. The number of nitrogens with zero attached hydrogens (tertiary/aromatic N) is 3. The third kappa shape index (κ3) is 3.55. The van der Waals surface area contributed by atoms with E-state index >= 15 is 0 Å². The summed E-state index contributed by atoms with van der Waals surface area (Å²) < 4.78 is 29.3. The van der Waals surface area contributed by atoms with Crippen molar-refractivity contribution in [1.82, 2.24) is 24.3 Å². The summed E-state index contributed by atoms with van der Waals surface area (Å²) in [7, 11) is -3.67. The van der Waals surface area contributed by atoms with Crippen LogP contribution in [0, 0.1) is 5.41 Å². The van der Waals surface area contributed by atoms with Crippen molar-refractivity contribution in [3.05, 3.63) is 66.1 Å². The van der Waals surface area contributed by atoms with Crippen LogP contribution >= 0.6 is 0 Å². The first kappa shape index (κ1) is 20.7. The molecule has 2 aromatic heterocycles. The summed E-state index contributed by atoms with van der Waals surface area (Å²) >= 11 is 0. The standard InChI is InChI=1S/C22H23N5O4S/c28-20(17-3-6-19-23-10-12-26(19)14-17)25-13-16-1-4-18(5-2-16)32(30,31)27-11-8-22(15-27)7-9-24-21(22)29/h1-6,10,12,14H,7-9,11,13,15H2,(H,24,29)(H,25,28). The fourth-order valence-corrected chi connectivity index (χ4v) is 5.94. The first-order valence-electron chi connectivity index (χ1n) is 10.5. The lowest BCUT2D eigenvalue weighted by atomic mass is 9.86. The fourth-order valence-electron chi connectivity index (χ4n) is 4.41. The van der Waals surface area contributed by atoms with E-state index in [4.69, 9.17) is 0 Å². The van der Waals surface area contributed by atoms with Crippen LogP contribution in [-0.2, 0) is 21.4 Å². The van der Waals surface area contributed by atoms with E-state index in [0.29, 0.717) is 31.5 Å². The molecule has 1 spiro atoms. The molecular weight excluding hydrogens is 430 g/mol. The molecule has 3 aromatic rings. The molecule has 0 bridgehead atoms. The number of aromatic nitrogens is 2. The maximum Gasteiger partial charge on any atom is 0.253 e. The van der Waals surface area contributed by atoms with Gasteiger partial charge in [-0.15, -0.1) is 0 Å². The second kappa shape index (κ2) is 7.72. The minimum Gasteiger partial charge on any atom is -0.356 e. The Morgan fingerprint density at radius 3 is 2.72 bits per heavy atom. The molecule has 4 heterocycles. The van der Waals surface area contributed by atoms with E-state index in [1.165, 1.54) is 4.31 Å². The Balaban J connectivity index is 1.23. The molecule has 0 aliphatic carbocycles. The summed E-state index contributed by atoms with van der Waals surface area (Å²) in [6.07, 6.45) is 6.36. The molecule has 10 heteroatoms. The molecule has 5 rings (SSSR count). The van der Waals surface area contributed by atoms with Gasteiger partial charge in [0.2, 0.25) is 15.9 Å². The first-order valence-corrected chi connectivity index (χ1v) is 11.9. The number of hydrogen-bond donors (Lipinski definition) is 2. The third-order valence-corrected chi connectivity index (χ3v) is 8.21. The minimum absolute atomic E-state index is 0.0477. The molecule has 2 aliphatic heterocycles. The van der Waals surface area contributed by atoms with Gasteiger partial charge in [-0.2, -0.15) is 4.31 Å². The zero-order valence-corrected chi connectivity index (χ0v) is 18.1. The zero-order valence-electron chi connectivity index (χ0n) is 17.3. The van der Waals surface area contributed by atoms with Gasteiger partial charge in [0.25, 0.3) is 5.91 Å². The highest BCUT2D eigenvalue weighted by molar-refractivity contribution is 7.89. The number of amides is 2. The van der Waals surface area contributed by atoms with E-state index in [1.807, 2.05) is 0 Å². The molecule has 166 valence electrons. The molecule has 32 heavy (non-hydrogen) atoms. The molecule has 9 nitrogen and oxygen atoms in total. The molecule has 0 radical (unpaired) electrons. The lowest BCUT2D eigenvalue weighted by molar-refractivity contribution is -0.126. The van der Waals surface area contributed by atoms with Crippen molar-refractivity contribution in [2.75, 3.05) is 19.6 Å². The van der Waals surface area contributed by atoms with Gasteiger partial charge in [-0.05, 0) is 42.7 Å². The third-order valence-electron chi connectivity index (χ3n) is 6.35. The highest BCUT2D eigenvalue weighted by atomic mass is 32.2. The Labute approximate surface area is 185 Å². The Bertz CT molecular complexity index is 1300. The van der Waals surface area contributed by atoms with Crippen LogP contribution in [0.2, 0.25) is 0 Å². The Morgan fingerprint density at radius 2 is 1.97 bits per heavy atom. The summed E-state index contributed by atoms with van der Waals surface area (Å²) in [5.41, 5.74) is 1.47. The monoisotopic (exact) mass is 453 g/mol. The summed E-state index contributed by atoms with van der Waals surface area (Å²) in [6.45, 7) is 1.44. The summed E-state index contributed by atoms with van der Waals surface area (Å²) in [6, 6.07) is 9.97. The SMILES string of the molecule is O=C(NCc1ccc(S(=O)(=O)N2CCC3(CCNC3=O)C2)cc1)c1ccc2nccn2c1. The molecule has 0 saturated carbocycles. The summed E-state index contributed by atoms with van der Waals surface area (Å²) in [5.74, 6) is -0.275. The lowest BCUT2D eigenvalue weighted by Gasteiger charge is -2.21. The van der Waals surface area contributed by atoms with Crippen LogP contribution in [0.1, 0.15) is 28.8 Å². The molecule has 1 aromatic carbocycles. The number of sulfonamides is 1. The minimum atomic E-state index is -3.67. The van der Waals surface area contributed by atoms with Gasteiger partial charge in [-0.1, -0.05) is 12.1 Å². The topological polar surface area (TPSA) is 113 Å². The van der Waals surface area contributed by atoms with Gasteiger partial charge in [0.15, 0.2) is 0 Å². The van der Waals surface area contributed by atoms with E-state index < -0.39 is 15.4 Å². The molecule has 2 aliphatic rings. The first-order chi connectivity index (χ1) is 15.4. The molecule has 1 unspecified atom stereocenters. The number of carbonyl (C=O) groups excluding carboxylic acids is 2. The summed E-state index contributed by atoms with van der Waals surface area (Å²) in [4.78, 5) is 29.0. The van der Waals surface area contributed by atoms with Crippen LogP contribution in [0.3, 0.4) is 0 Å². The Hall–Kier alpha value is -3.24. The van der Waals surface area contributed by atoms with Crippen LogP contribution in [0.15, 0.2) is 59.9 Å². The number of hydrogen-bond acceptors (Lipinski definition) is 5. The molecule has 2 N–H and O–H groups in total. The molecule has 2 saturated heterocycles. The van der Waals surface area contributed by atoms with Crippen LogP contribution in [-0.4, -0.2) is 53.6 Å². The van der Waals surface area contributed by atoms with E-state index in [-0.39, 0.29) is 29.8 Å². The Morgan fingerprint density at radius 1 is 1.16 bits per heavy atom. The maximum absolute atomic E-state index is 13.0. The molecular formula is C22H23N5O4S. The number of pyridine rings is 1. The van der Waals surface area contributed by atoms with Crippen LogP contribution in [0.4, 0.5) is 0 Å². The van der Waals surface area contributed by atoms with E-state index in [9.17, 15) is 18.0 Å². The summed E-state index contributed by atoms with van der Waals surface area (Å²) in [5, 5.41) is 5.66. The van der Waals surface area contributed by atoms with Crippen molar-refractivity contribution < 1.29 is 18.0 Å². The van der Waals surface area contributed by atoms with Gasteiger partial charge in [-0.3, -0.25) is 9.59 Å². The van der Waals surface area contributed by atoms with Crippen molar-refractivity contribution in [2.45, 2.75) is 24.3 Å². The van der Waals surface area contributed by atoms with Crippen molar-refractivity contribution in [1.29, 1.82) is 0 Å². The maximum atomic E-state index is 13.0. The average molecular weight is 454 g/mol. The number of rotatable bonds is 5. The predicted octanol–water partition coefficient (Wildman–Crippen LogP) is 1.16. The van der Waals surface area contributed by atoms with E-state index in [2.05, 4.69) is 15.6 Å². The van der Waals surface area contributed by atoms with E-state index in [0.717, 1.165) is 11.2 Å². The van der Waals surface area contributed by atoms with Gasteiger partial charge in [-0.25, -0.2) is 13.4 Å². The van der Waals surface area contributed by atoms with Crippen molar-refractivity contribution in [3.8, 4) is 0 Å². The van der Waals surface area contributed by atoms with E-state index in [1.54, 1.807) is 59.4 Å². The van der Waals surface area contributed by atoms with Crippen molar-refractivity contribution in [3.63, 3.8) is 0 Å². The second-order valence-corrected chi connectivity index (χ2v) is 10.2. The van der Waals surface area contributed by atoms with Crippen molar-refractivity contribution >= 4 is 27.5 Å². The van der Waals surface area contributed by atoms with Gasteiger partial charge in [0.1, 0.15) is 5.65 Å².